The van der Waals surface area contributed by atoms with Crippen molar-refractivity contribution in [2.24, 2.45) is 0 Å². The molecular weight excluding hydrogens is 284 g/mol. The Bertz CT molecular complexity index is 792. The molecule has 0 saturated carbocycles. The Morgan fingerprint density at radius 2 is 1.13 bits per heavy atom. The van der Waals surface area contributed by atoms with Crippen LogP contribution >= 0.6 is 0 Å². The van der Waals surface area contributed by atoms with Gasteiger partial charge in [0.25, 0.3) is 0 Å². The molecule has 0 saturated heterocycles. The van der Waals surface area contributed by atoms with E-state index < -0.39 is 11.4 Å². The first-order valence-corrected chi connectivity index (χ1v) is 7.57. The normalized spacial score (nSPS) is 13.3. The Balaban J connectivity index is 2.04. The van der Waals surface area contributed by atoms with E-state index in [1.165, 1.54) is 0 Å². The van der Waals surface area contributed by atoms with Crippen molar-refractivity contribution in [1.82, 2.24) is 0 Å². The molecule has 0 unspecified atom stereocenters. The van der Waals surface area contributed by atoms with Gasteiger partial charge >= 0.3 is 5.97 Å². The molecule has 0 aliphatic carbocycles. The molecule has 0 radical (unpaired) electrons. The van der Waals surface area contributed by atoms with Crippen molar-refractivity contribution < 1.29 is 9.90 Å². The minimum Gasteiger partial charge on any atom is -0.480 e. The molecule has 1 atom stereocenters. The van der Waals surface area contributed by atoms with Crippen LogP contribution in [0.25, 0.3) is 11.1 Å². The zero-order valence-electron chi connectivity index (χ0n) is 12.9. The quantitative estimate of drug-likeness (QED) is 0.755. The average Bonchev–Trinajstić information content (AvgIpc) is 2.62. The second-order valence-electron chi connectivity index (χ2n) is 5.74. The van der Waals surface area contributed by atoms with E-state index >= 15 is 0 Å². The highest BCUT2D eigenvalue weighted by Gasteiger charge is 2.36. The van der Waals surface area contributed by atoms with Gasteiger partial charge in [0.15, 0.2) is 0 Å². The van der Waals surface area contributed by atoms with Crippen LogP contribution in [0.2, 0.25) is 0 Å². The zero-order chi connectivity index (χ0) is 16.3. The molecule has 23 heavy (non-hydrogen) atoms. The Kier molecular flexibility index (Phi) is 3.98. The molecule has 3 aromatic rings. The molecule has 0 aliphatic heterocycles. The van der Waals surface area contributed by atoms with Gasteiger partial charge in [0.1, 0.15) is 5.41 Å². The second-order valence-corrected chi connectivity index (χ2v) is 5.74. The lowest BCUT2D eigenvalue weighted by Crippen LogP contribution is -2.33. The number of carboxylic acid groups (broad SMARTS) is 1. The third-order valence-corrected chi connectivity index (χ3v) is 4.35. The van der Waals surface area contributed by atoms with Crippen molar-refractivity contribution in [1.29, 1.82) is 0 Å². The van der Waals surface area contributed by atoms with Crippen LogP contribution in [-0.2, 0) is 10.2 Å². The van der Waals surface area contributed by atoms with E-state index in [0.717, 1.165) is 22.3 Å². The predicted octanol–water partition coefficient (Wildman–Crippen LogP) is 4.74. The van der Waals surface area contributed by atoms with Crippen LogP contribution in [0.5, 0.6) is 0 Å². The standard InChI is InChI=1S/C21H18O2/c1-21(20(22)23,18-10-6-3-7-11-18)19-14-12-17(13-15-19)16-8-4-2-5-9-16/h2-15H,1H3,(H,22,23)/t21-/m1/s1. The maximum absolute atomic E-state index is 12.0. The van der Waals surface area contributed by atoms with Crippen LogP contribution in [0.1, 0.15) is 18.1 Å². The Morgan fingerprint density at radius 3 is 1.65 bits per heavy atom. The van der Waals surface area contributed by atoms with Crippen molar-refractivity contribution in [2.75, 3.05) is 0 Å². The number of benzene rings is 3. The minimum absolute atomic E-state index is 0.774. The third-order valence-electron chi connectivity index (χ3n) is 4.35. The number of carbonyl (C=O) groups is 1. The van der Waals surface area contributed by atoms with E-state index in [0.29, 0.717) is 0 Å². The maximum Gasteiger partial charge on any atom is 0.318 e. The summed E-state index contributed by atoms with van der Waals surface area (Å²) in [4.78, 5) is 12.0. The lowest BCUT2D eigenvalue weighted by atomic mass is 9.76. The molecular formula is C21H18O2. The highest BCUT2D eigenvalue weighted by Crippen LogP contribution is 2.33. The van der Waals surface area contributed by atoms with E-state index in [9.17, 15) is 9.90 Å². The largest absolute Gasteiger partial charge is 0.480 e. The summed E-state index contributed by atoms with van der Waals surface area (Å²) in [6, 6.07) is 27.2. The molecule has 0 aromatic heterocycles. The third kappa shape index (κ3) is 2.76. The van der Waals surface area contributed by atoms with E-state index in [1.807, 2.05) is 84.9 Å². The van der Waals surface area contributed by atoms with Crippen molar-refractivity contribution in [3.8, 4) is 11.1 Å². The van der Waals surface area contributed by atoms with Gasteiger partial charge < -0.3 is 5.11 Å². The molecule has 2 heteroatoms. The molecule has 1 N–H and O–H groups in total. The minimum atomic E-state index is -1.06. The summed E-state index contributed by atoms with van der Waals surface area (Å²) >= 11 is 0. The van der Waals surface area contributed by atoms with E-state index in [-0.39, 0.29) is 0 Å². The lowest BCUT2D eigenvalue weighted by molar-refractivity contribution is -0.141. The highest BCUT2D eigenvalue weighted by molar-refractivity contribution is 5.85. The first-order valence-electron chi connectivity index (χ1n) is 7.57. The van der Waals surface area contributed by atoms with Gasteiger partial charge in [-0.15, -0.1) is 0 Å². The molecule has 0 fully saturated rings. The van der Waals surface area contributed by atoms with Crippen LogP contribution in [0.3, 0.4) is 0 Å². The van der Waals surface area contributed by atoms with Gasteiger partial charge in [-0.3, -0.25) is 4.79 Å². The molecule has 3 rings (SSSR count). The van der Waals surface area contributed by atoms with Crippen molar-refractivity contribution in [3.63, 3.8) is 0 Å². The van der Waals surface area contributed by atoms with Gasteiger partial charge in [0.05, 0.1) is 0 Å². The van der Waals surface area contributed by atoms with Gasteiger partial charge in [-0.25, -0.2) is 0 Å². The molecule has 0 spiro atoms. The second kappa shape index (κ2) is 6.09. The highest BCUT2D eigenvalue weighted by atomic mass is 16.4. The first kappa shape index (κ1) is 15.0. The topological polar surface area (TPSA) is 37.3 Å². The van der Waals surface area contributed by atoms with E-state index in [1.54, 1.807) is 6.92 Å². The molecule has 114 valence electrons. The van der Waals surface area contributed by atoms with Gasteiger partial charge in [-0.2, -0.15) is 0 Å². The number of hydrogen-bond acceptors (Lipinski definition) is 1. The monoisotopic (exact) mass is 302 g/mol. The van der Waals surface area contributed by atoms with Crippen LogP contribution in [0, 0.1) is 0 Å². The summed E-state index contributed by atoms with van der Waals surface area (Å²) in [5.74, 6) is -0.851. The summed E-state index contributed by atoms with van der Waals surface area (Å²) in [7, 11) is 0. The van der Waals surface area contributed by atoms with Gasteiger partial charge in [0.2, 0.25) is 0 Å². The smallest absolute Gasteiger partial charge is 0.318 e. The SMILES string of the molecule is C[C@@](C(=O)O)(c1ccccc1)c1ccc(-c2ccccc2)cc1. The number of rotatable bonds is 4. The van der Waals surface area contributed by atoms with E-state index in [2.05, 4.69) is 0 Å². The summed E-state index contributed by atoms with van der Waals surface area (Å²) in [6.07, 6.45) is 0. The lowest BCUT2D eigenvalue weighted by Gasteiger charge is -2.26. The molecule has 0 aliphatic rings. The number of carboxylic acids is 1. The fourth-order valence-corrected chi connectivity index (χ4v) is 2.81. The van der Waals surface area contributed by atoms with Crippen LogP contribution in [0.4, 0.5) is 0 Å². The Hall–Kier alpha value is -2.87. The van der Waals surface area contributed by atoms with Crippen LogP contribution in [0.15, 0.2) is 84.9 Å². The summed E-state index contributed by atoms with van der Waals surface area (Å²) in [5, 5.41) is 9.83. The average molecular weight is 302 g/mol. The van der Waals surface area contributed by atoms with Crippen molar-refractivity contribution in [3.05, 3.63) is 96.1 Å². The van der Waals surface area contributed by atoms with Crippen molar-refractivity contribution in [2.45, 2.75) is 12.3 Å². The fourth-order valence-electron chi connectivity index (χ4n) is 2.81. The van der Waals surface area contributed by atoms with Crippen molar-refractivity contribution >= 4 is 5.97 Å². The maximum atomic E-state index is 12.0. The molecule has 0 bridgehead atoms. The van der Waals surface area contributed by atoms with E-state index in [4.69, 9.17) is 0 Å². The first-order chi connectivity index (χ1) is 11.1. The van der Waals surface area contributed by atoms with Crippen LogP contribution < -0.4 is 0 Å². The number of aliphatic carboxylic acids is 1. The van der Waals surface area contributed by atoms with Gasteiger partial charge in [-0.1, -0.05) is 84.9 Å². The zero-order valence-corrected chi connectivity index (χ0v) is 12.9. The molecule has 0 heterocycles. The van der Waals surface area contributed by atoms with Gasteiger partial charge in [0, 0.05) is 0 Å². The summed E-state index contributed by atoms with van der Waals surface area (Å²) in [5.41, 5.74) is 2.69. The molecule has 2 nitrogen and oxygen atoms in total. The molecule has 3 aromatic carbocycles. The van der Waals surface area contributed by atoms with Gasteiger partial charge in [-0.05, 0) is 29.2 Å². The molecule has 0 amide bonds. The van der Waals surface area contributed by atoms with Crippen LogP contribution in [-0.4, -0.2) is 11.1 Å². The number of hydrogen-bond donors (Lipinski definition) is 1. The fraction of sp³-hybridized carbons (Fsp3) is 0.0952. The summed E-state index contributed by atoms with van der Waals surface area (Å²) < 4.78 is 0. The Labute approximate surface area is 136 Å². The summed E-state index contributed by atoms with van der Waals surface area (Å²) in [6.45, 7) is 1.75. The Morgan fingerprint density at radius 1 is 0.696 bits per heavy atom. The predicted molar refractivity (Wildman–Crippen MR) is 92.4 cm³/mol.